The number of hydrogen-bond acceptors (Lipinski definition) is 24. The van der Waals surface area contributed by atoms with Crippen molar-refractivity contribution in [2.45, 2.75) is 156 Å². The predicted octanol–water partition coefficient (Wildman–Crippen LogP) is 1.95. The van der Waals surface area contributed by atoms with Gasteiger partial charge in [0.2, 0.25) is 0 Å². The SMILES string of the molecule is CC.CC(CN(C)CC(C)C(=O)CCC(=O)O)OC(=O)CCC(=O)O.CC(COC(=O)CCC(=O)O)OC(=O)CCC(=O)O.CN(CCOC(=O)CCC(=O)O)CCC(=O)CCC(=O)O.O=C(O)CCC(=O)OCCOC(=O)CCC(=O)O. The number of carboxylic acid groups (broad SMARTS) is 8. The number of carboxylic acids is 8. The lowest BCUT2D eigenvalue weighted by Crippen LogP contribution is -2.35. The normalized spacial score (nSPS) is 11.1. The Hall–Kier alpha value is -8.16. The summed E-state index contributed by atoms with van der Waals surface area (Å²) in [5.41, 5.74) is 0. The van der Waals surface area contributed by atoms with Gasteiger partial charge in [-0.3, -0.25) is 76.7 Å². The average molecular weight is 1200 g/mol. The molecule has 0 heterocycles. The molecule has 0 rings (SSSR count). The summed E-state index contributed by atoms with van der Waals surface area (Å²) in [5.74, 6) is -13.0. The molecule has 0 fully saturated rings. The van der Waals surface area contributed by atoms with Crippen LogP contribution in [0.1, 0.15) is 144 Å². The summed E-state index contributed by atoms with van der Waals surface area (Å²) in [6.45, 7) is 10.1. The van der Waals surface area contributed by atoms with Crippen molar-refractivity contribution < 1.29 is 146 Å². The van der Waals surface area contributed by atoms with Crippen LogP contribution in [0.15, 0.2) is 0 Å². The molecule has 0 bridgehead atoms. The Morgan fingerprint density at radius 2 is 0.627 bits per heavy atom. The Bertz CT molecular complexity index is 2030. The Labute approximate surface area is 478 Å². The summed E-state index contributed by atoms with van der Waals surface area (Å²) in [6.07, 6.45) is -4.38. The maximum absolute atomic E-state index is 11.8. The molecule has 0 aromatic heterocycles. The van der Waals surface area contributed by atoms with Gasteiger partial charge >= 0.3 is 83.6 Å². The molecule has 83 heavy (non-hydrogen) atoms. The van der Waals surface area contributed by atoms with Gasteiger partial charge in [-0.05, 0) is 27.9 Å². The first-order chi connectivity index (χ1) is 38.6. The molecule has 0 radical (unpaired) electrons. The van der Waals surface area contributed by atoms with Crippen LogP contribution in [0.4, 0.5) is 0 Å². The molecule has 3 unspecified atom stereocenters. The topological polar surface area (TPSA) is 497 Å². The third kappa shape index (κ3) is 68.0. The van der Waals surface area contributed by atoms with Crippen molar-refractivity contribution in [1.82, 2.24) is 9.80 Å². The van der Waals surface area contributed by atoms with Gasteiger partial charge in [-0.2, -0.15) is 0 Å². The largest absolute Gasteiger partial charge is 0.481 e. The Morgan fingerprint density at radius 3 is 0.988 bits per heavy atom. The third-order valence-electron chi connectivity index (χ3n) is 9.43. The second kappa shape index (κ2) is 53.2. The summed E-state index contributed by atoms with van der Waals surface area (Å²) in [6, 6.07) is 0. The molecule has 0 aliphatic heterocycles. The van der Waals surface area contributed by atoms with Gasteiger partial charge in [-0.25, -0.2) is 0 Å². The van der Waals surface area contributed by atoms with Crippen LogP contribution >= 0.6 is 0 Å². The maximum Gasteiger partial charge on any atom is 0.306 e. The molecular formula is C51H82N2O30. The van der Waals surface area contributed by atoms with Crippen LogP contribution in [0.2, 0.25) is 0 Å². The van der Waals surface area contributed by atoms with Gasteiger partial charge in [0.1, 0.15) is 50.2 Å². The molecule has 0 aliphatic rings. The molecule has 0 amide bonds. The predicted molar refractivity (Wildman–Crippen MR) is 280 cm³/mol. The fourth-order valence-corrected chi connectivity index (χ4v) is 5.38. The molecule has 476 valence electrons. The van der Waals surface area contributed by atoms with Crippen LogP contribution in [-0.4, -0.2) is 225 Å². The number of Topliss-reactive ketones (excluding diaryl/α,β-unsaturated/α-hetero) is 2. The Morgan fingerprint density at radius 1 is 0.325 bits per heavy atom. The summed E-state index contributed by atoms with van der Waals surface area (Å²) >= 11 is 0. The number of esters is 6. The van der Waals surface area contributed by atoms with Crippen LogP contribution < -0.4 is 0 Å². The van der Waals surface area contributed by atoms with Gasteiger partial charge < -0.3 is 79.1 Å². The number of nitrogens with zero attached hydrogens (tertiary/aromatic N) is 2. The quantitative estimate of drug-likeness (QED) is 0.0246. The number of aliphatic carboxylic acids is 8. The fraction of sp³-hybridized carbons (Fsp3) is 0.686. The minimum atomic E-state index is -1.11. The van der Waals surface area contributed by atoms with E-state index in [9.17, 15) is 76.7 Å². The zero-order valence-electron chi connectivity index (χ0n) is 47.9. The van der Waals surface area contributed by atoms with Crippen molar-refractivity contribution >= 4 is 95.1 Å². The molecule has 0 spiro atoms. The monoisotopic (exact) mass is 1200 g/mol. The highest BCUT2D eigenvalue weighted by Crippen LogP contribution is 2.08. The van der Waals surface area contributed by atoms with E-state index in [1.807, 2.05) is 18.7 Å². The summed E-state index contributed by atoms with van der Waals surface area (Å²) < 4.78 is 28.5. The van der Waals surface area contributed by atoms with E-state index < -0.39 is 95.8 Å². The van der Waals surface area contributed by atoms with E-state index in [2.05, 4.69) is 14.2 Å². The lowest BCUT2D eigenvalue weighted by atomic mass is 10.0. The number of rotatable bonds is 42. The zero-order chi connectivity index (χ0) is 65.0. The van der Waals surface area contributed by atoms with Crippen molar-refractivity contribution in [2.75, 3.05) is 66.7 Å². The fourth-order valence-electron chi connectivity index (χ4n) is 5.38. The Kier molecular flexibility index (Phi) is 53.6. The summed E-state index contributed by atoms with van der Waals surface area (Å²) in [4.78, 5) is 175. The van der Waals surface area contributed by atoms with Gasteiger partial charge in [-0.15, -0.1) is 0 Å². The van der Waals surface area contributed by atoms with Crippen molar-refractivity contribution in [3.8, 4) is 0 Å². The highest BCUT2D eigenvalue weighted by molar-refractivity contribution is 5.84. The zero-order valence-corrected chi connectivity index (χ0v) is 47.9. The van der Waals surface area contributed by atoms with E-state index >= 15 is 0 Å². The minimum Gasteiger partial charge on any atom is -0.481 e. The highest BCUT2D eigenvalue weighted by atomic mass is 16.6. The lowest BCUT2D eigenvalue weighted by molar-refractivity contribution is -0.159. The number of hydrogen-bond donors (Lipinski definition) is 8. The van der Waals surface area contributed by atoms with Gasteiger partial charge in [0, 0.05) is 51.4 Å². The van der Waals surface area contributed by atoms with E-state index in [4.69, 9.17) is 55.1 Å². The summed E-state index contributed by atoms with van der Waals surface area (Å²) in [5, 5.41) is 67.1. The first kappa shape index (κ1) is 83.7. The number of carbonyl (C=O) groups is 16. The van der Waals surface area contributed by atoms with Gasteiger partial charge in [-0.1, -0.05) is 20.8 Å². The number of carbonyl (C=O) groups excluding carboxylic acids is 8. The van der Waals surface area contributed by atoms with Crippen LogP contribution in [0, 0.1) is 5.92 Å². The number of ether oxygens (including phenoxy) is 6. The molecule has 0 aromatic carbocycles. The van der Waals surface area contributed by atoms with Crippen LogP contribution in [0.5, 0.6) is 0 Å². The molecule has 0 saturated carbocycles. The molecule has 32 nitrogen and oxygen atoms in total. The van der Waals surface area contributed by atoms with E-state index in [0.717, 1.165) is 0 Å². The van der Waals surface area contributed by atoms with E-state index in [1.54, 1.807) is 32.8 Å². The smallest absolute Gasteiger partial charge is 0.306 e. The maximum atomic E-state index is 11.8. The van der Waals surface area contributed by atoms with Gasteiger partial charge in [0.05, 0.1) is 89.9 Å². The van der Waals surface area contributed by atoms with Crippen molar-refractivity contribution in [2.24, 2.45) is 5.92 Å². The second-order valence-electron chi connectivity index (χ2n) is 17.3. The molecular weight excluding hydrogens is 1120 g/mol. The number of likely N-dealkylation sites (N-methyl/N-ethyl adjacent to an activating group) is 2. The van der Waals surface area contributed by atoms with E-state index in [1.165, 1.54) is 6.92 Å². The third-order valence-corrected chi connectivity index (χ3v) is 9.43. The highest BCUT2D eigenvalue weighted by Gasteiger charge is 2.20. The molecule has 0 aromatic rings. The van der Waals surface area contributed by atoms with Gasteiger partial charge in [0.15, 0.2) is 0 Å². The Balaban J connectivity index is -0.000000324. The van der Waals surface area contributed by atoms with Crippen LogP contribution in [0.3, 0.4) is 0 Å². The van der Waals surface area contributed by atoms with Crippen molar-refractivity contribution in [1.29, 1.82) is 0 Å². The second-order valence-corrected chi connectivity index (χ2v) is 17.3. The van der Waals surface area contributed by atoms with E-state index in [0.29, 0.717) is 26.2 Å². The van der Waals surface area contributed by atoms with Crippen molar-refractivity contribution in [3.05, 3.63) is 0 Å². The average Bonchev–Trinajstić information content (AvgIpc) is 3.39. The van der Waals surface area contributed by atoms with Crippen molar-refractivity contribution in [3.63, 3.8) is 0 Å². The van der Waals surface area contributed by atoms with Crippen LogP contribution in [0.25, 0.3) is 0 Å². The van der Waals surface area contributed by atoms with Gasteiger partial charge in [0.25, 0.3) is 0 Å². The first-order valence-electron chi connectivity index (χ1n) is 25.8. The standard InChI is InChI=1S/C15H25NO7.C13H21NO7.C11H16O8.C10H14O8.C2H6/c1-10(12(17)4-5-13(18)19)8-16(3)9-11(2)23-15(22)7-6-14(20)21;1-14(7-6-10(15)2-3-11(16)17)8-9-21-13(20)5-4-12(18)19;1-7(19-11(17)5-3-9(14)15)6-18-10(16)4-2-8(12)13;11-7(12)1-3-9(15)17-5-6-18-10(16)4-2-8(13)14;1-2/h10-11H,4-9H2,1-3H3,(H,18,19)(H,20,21);2-9H2,1H3,(H,16,17)(H,18,19);7H,2-6H2,1H3,(H,12,13)(H,14,15);1-6H2,(H,11,12)(H,13,14);1-2H3. The van der Waals surface area contributed by atoms with E-state index in [-0.39, 0.29) is 153 Å². The summed E-state index contributed by atoms with van der Waals surface area (Å²) in [7, 11) is 3.51. The molecule has 0 saturated heterocycles. The molecule has 0 aliphatic carbocycles. The molecule has 3 atom stereocenters. The minimum absolute atomic E-state index is 0.00404. The molecule has 32 heteroatoms. The first-order valence-corrected chi connectivity index (χ1v) is 25.8. The molecule has 8 N–H and O–H groups in total. The van der Waals surface area contributed by atoms with Crippen LogP contribution in [-0.2, 0) is 105 Å². The lowest BCUT2D eigenvalue weighted by Gasteiger charge is -2.24. The number of ketones is 2.